The Kier molecular flexibility index (Phi) is 6.88. The zero-order chi connectivity index (χ0) is 31.1. The van der Waals surface area contributed by atoms with E-state index in [4.69, 9.17) is 0 Å². The lowest BCUT2D eigenvalue weighted by atomic mass is 9.73. The molecule has 1 aliphatic rings. The third kappa shape index (κ3) is 4.64. The summed E-state index contributed by atoms with van der Waals surface area (Å²) in [4.78, 5) is 2.45. The molecule has 0 bridgehead atoms. The van der Waals surface area contributed by atoms with Crippen LogP contribution in [0.5, 0.6) is 0 Å². The van der Waals surface area contributed by atoms with E-state index in [1.54, 1.807) is 0 Å². The summed E-state index contributed by atoms with van der Waals surface area (Å²) in [5, 5.41) is 0. The Labute approximate surface area is 272 Å². The predicted molar refractivity (Wildman–Crippen MR) is 194 cm³/mol. The topological polar surface area (TPSA) is 3.24 Å². The number of hydrogen-bond donors (Lipinski definition) is 0. The summed E-state index contributed by atoms with van der Waals surface area (Å²) in [7, 11) is 0. The van der Waals surface area contributed by atoms with Gasteiger partial charge in [-0.3, -0.25) is 0 Å². The van der Waals surface area contributed by atoms with Crippen LogP contribution >= 0.6 is 0 Å². The molecule has 0 N–H and O–H groups in total. The number of anilines is 3. The van der Waals surface area contributed by atoms with E-state index in [-0.39, 0.29) is 5.41 Å². The molecule has 7 aromatic rings. The summed E-state index contributed by atoms with van der Waals surface area (Å²) in [6.07, 6.45) is 0. The molecule has 0 amide bonds. The average Bonchev–Trinajstić information content (AvgIpc) is 3.39. The summed E-state index contributed by atoms with van der Waals surface area (Å²) in [6.45, 7) is 4.56. The van der Waals surface area contributed by atoms with Crippen molar-refractivity contribution in [3.63, 3.8) is 0 Å². The van der Waals surface area contributed by atoms with Gasteiger partial charge in [0, 0.05) is 16.8 Å². The predicted octanol–water partition coefficient (Wildman–Crippen LogP) is 12.1. The Hall–Kier alpha value is -5.66. The first kappa shape index (κ1) is 27.9. The van der Waals surface area contributed by atoms with Gasteiger partial charge in [-0.1, -0.05) is 151 Å². The minimum atomic E-state index is -0.331. The van der Waals surface area contributed by atoms with Crippen LogP contribution in [0, 0.1) is 6.92 Å². The Balaban J connectivity index is 1.34. The molecule has 0 aliphatic heterocycles. The molecule has 1 nitrogen and oxygen atoms in total. The highest BCUT2D eigenvalue weighted by molar-refractivity contribution is 5.92. The third-order valence-electron chi connectivity index (χ3n) is 9.63. The fraction of sp³-hybridized carbons (Fsp3) is 0.0667. The van der Waals surface area contributed by atoms with Crippen molar-refractivity contribution in [1.29, 1.82) is 0 Å². The maximum atomic E-state index is 2.45. The lowest BCUT2D eigenvalue weighted by Gasteiger charge is -2.35. The first-order valence-electron chi connectivity index (χ1n) is 16.0. The lowest BCUT2D eigenvalue weighted by molar-refractivity contribution is 0.713. The van der Waals surface area contributed by atoms with Gasteiger partial charge in [-0.05, 0) is 94.3 Å². The van der Waals surface area contributed by atoms with E-state index < -0.39 is 0 Å². The molecule has 1 atom stereocenters. The summed E-state index contributed by atoms with van der Waals surface area (Å²) in [6, 6.07) is 64.1. The van der Waals surface area contributed by atoms with Crippen molar-refractivity contribution in [3.8, 4) is 33.4 Å². The fourth-order valence-corrected chi connectivity index (χ4v) is 7.25. The second-order valence-electron chi connectivity index (χ2n) is 12.4. The van der Waals surface area contributed by atoms with Crippen LogP contribution in [0.25, 0.3) is 33.4 Å². The summed E-state index contributed by atoms with van der Waals surface area (Å²) < 4.78 is 0. The van der Waals surface area contributed by atoms with Gasteiger partial charge in [0.2, 0.25) is 0 Å². The lowest BCUT2D eigenvalue weighted by Crippen LogP contribution is -2.25. The Morgan fingerprint density at radius 2 is 0.891 bits per heavy atom. The highest BCUT2D eigenvalue weighted by Crippen LogP contribution is 2.57. The monoisotopic (exact) mass is 589 g/mol. The van der Waals surface area contributed by atoms with Gasteiger partial charge in [0.15, 0.2) is 0 Å². The first-order valence-corrected chi connectivity index (χ1v) is 16.0. The summed E-state index contributed by atoms with van der Waals surface area (Å²) in [5.74, 6) is 0. The van der Waals surface area contributed by atoms with E-state index in [1.165, 1.54) is 61.3 Å². The summed E-state index contributed by atoms with van der Waals surface area (Å²) >= 11 is 0. The summed E-state index contributed by atoms with van der Waals surface area (Å²) in [5.41, 5.74) is 15.8. The second-order valence-corrected chi connectivity index (χ2v) is 12.4. The van der Waals surface area contributed by atoms with E-state index in [1.807, 2.05) is 0 Å². The van der Waals surface area contributed by atoms with Gasteiger partial charge in [-0.25, -0.2) is 0 Å². The molecule has 0 heterocycles. The van der Waals surface area contributed by atoms with Crippen molar-refractivity contribution in [2.24, 2.45) is 0 Å². The SMILES string of the molecule is Cc1ccc(C2(C)c3ccccc3-c3cccc(N(c4ccc(-c5ccccc5)cc4)c4ccc(-c5ccccc5)cc4)c32)cc1. The standard InChI is InChI=1S/C45H35N/c1-32-20-26-37(27-21-32)45(2)42-18-10-9-16-40(42)41-17-11-19-43(44(41)45)46(38-28-22-35(23-29-38)33-12-5-3-6-13-33)39-30-24-36(25-31-39)34-14-7-4-8-15-34/h3-31H,1-2H3. The number of hydrogen-bond acceptors (Lipinski definition) is 1. The minimum Gasteiger partial charge on any atom is -0.310 e. The molecule has 0 radical (unpaired) electrons. The maximum Gasteiger partial charge on any atom is 0.0512 e. The van der Waals surface area contributed by atoms with E-state index in [9.17, 15) is 0 Å². The van der Waals surface area contributed by atoms with Crippen molar-refractivity contribution >= 4 is 17.1 Å². The molecule has 1 aliphatic carbocycles. The van der Waals surface area contributed by atoms with Gasteiger partial charge in [-0.15, -0.1) is 0 Å². The number of nitrogens with zero attached hydrogens (tertiary/aromatic N) is 1. The van der Waals surface area contributed by atoms with Gasteiger partial charge in [0.25, 0.3) is 0 Å². The molecule has 0 spiro atoms. The molecule has 0 saturated carbocycles. The Bertz CT molecular complexity index is 2040. The smallest absolute Gasteiger partial charge is 0.0512 e. The number of aryl methyl sites for hydroxylation is 1. The molecule has 8 rings (SSSR count). The quantitative estimate of drug-likeness (QED) is 0.186. The molecule has 7 aromatic carbocycles. The van der Waals surface area contributed by atoms with E-state index in [0.29, 0.717) is 0 Å². The molecule has 1 unspecified atom stereocenters. The van der Waals surface area contributed by atoms with Crippen LogP contribution in [-0.2, 0) is 5.41 Å². The zero-order valence-corrected chi connectivity index (χ0v) is 26.2. The van der Waals surface area contributed by atoms with Crippen LogP contribution in [0.2, 0.25) is 0 Å². The van der Waals surface area contributed by atoms with Crippen LogP contribution in [0.4, 0.5) is 17.1 Å². The molecular formula is C45H35N. The van der Waals surface area contributed by atoms with Gasteiger partial charge >= 0.3 is 0 Å². The first-order chi connectivity index (χ1) is 22.6. The van der Waals surface area contributed by atoms with E-state index in [2.05, 4.69) is 195 Å². The average molecular weight is 590 g/mol. The molecule has 220 valence electrons. The van der Waals surface area contributed by atoms with Crippen LogP contribution in [0.3, 0.4) is 0 Å². The molecular weight excluding hydrogens is 555 g/mol. The normalized spacial score (nSPS) is 14.8. The number of rotatable bonds is 6. The minimum absolute atomic E-state index is 0.331. The largest absolute Gasteiger partial charge is 0.310 e. The number of fused-ring (bicyclic) bond motifs is 3. The zero-order valence-electron chi connectivity index (χ0n) is 26.2. The van der Waals surface area contributed by atoms with Gasteiger partial charge in [0.1, 0.15) is 0 Å². The molecule has 0 saturated heterocycles. The van der Waals surface area contributed by atoms with E-state index in [0.717, 1.165) is 11.4 Å². The molecule has 46 heavy (non-hydrogen) atoms. The third-order valence-corrected chi connectivity index (χ3v) is 9.63. The van der Waals surface area contributed by atoms with Crippen molar-refractivity contribution in [2.45, 2.75) is 19.3 Å². The second kappa shape index (κ2) is 11.4. The van der Waals surface area contributed by atoms with E-state index >= 15 is 0 Å². The number of benzene rings is 7. The van der Waals surface area contributed by atoms with Crippen LogP contribution in [0.15, 0.2) is 176 Å². The Morgan fingerprint density at radius 3 is 1.46 bits per heavy atom. The van der Waals surface area contributed by atoms with Crippen LogP contribution in [-0.4, -0.2) is 0 Å². The highest BCUT2D eigenvalue weighted by atomic mass is 15.1. The van der Waals surface area contributed by atoms with Gasteiger partial charge in [-0.2, -0.15) is 0 Å². The van der Waals surface area contributed by atoms with Crippen LogP contribution < -0.4 is 4.90 Å². The van der Waals surface area contributed by atoms with Crippen molar-refractivity contribution < 1.29 is 0 Å². The molecule has 0 fully saturated rings. The maximum absolute atomic E-state index is 2.45. The highest BCUT2D eigenvalue weighted by Gasteiger charge is 2.43. The van der Waals surface area contributed by atoms with Crippen molar-refractivity contribution in [3.05, 3.63) is 198 Å². The van der Waals surface area contributed by atoms with Crippen molar-refractivity contribution in [2.75, 3.05) is 4.90 Å². The van der Waals surface area contributed by atoms with Crippen molar-refractivity contribution in [1.82, 2.24) is 0 Å². The van der Waals surface area contributed by atoms with Gasteiger partial charge in [0.05, 0.1) is 5.69 Å². The Morgan fingerprint density at radius 1 is 0.413 bits per heavy atom. The van der Waals surface area contributed by atoms with Gasteiger partial charge < -0.3 is 4.90 Å². The van der Waals surface area contributed by atoms with Crippen LogP contribution in [0.1, 0.15) is 29.2 Å². The molecule has 0 aromatic heterocycles. The fourth-order valence-electron chi connectivity index (χ4n) is 7.25. The molecule has 1 heteroatoms.